The van der Waals surface area contributed by atoms with E-state index in [0.717, 1.165) is 11.3 Å². The first kappa shape index (κ1) is 11.5. The number of phenols is 2. The maximum atomic E-state index is 9.34. The number of nitrogens with zero attached hydrogens (tertiary/aromatic N) is 2. The van der Waals surface area contributed by atoms with Crippen molar-refractivity contribution in [3.63, 3.8) is 0 Å². The second-order valence-corrected chi connectivity index (χ2v) is 3.87. The molecule has 0 amide bonds. The zero-order chi connectivity index (χ0) is 12.3. The minimum absolute atomic E-state index is 0.0927. The number of aromatic hydroxyl groups is 2. The third-order valence-corrected chi connectivity index (χ3v) is 2.60. The van der Waals surface area contributed by atoms with E-state index in [1.165, 1.54) is 6.07 Å². The lowest BCUT2D eigenvalue weighted by Gasteiger charge is -2.06. The van der Waals surface area contributed by atoms with Crippen molar-refractivity contribution in [1.29, 1.82) is 0 Å². The number of hydrogen-bond acceptors (Lipinski definition) is 4. The largest absolute Gasteiger partial charge is 0.504 e. The summed E-state index contributed by atoms with van der Waals surface area (Å²) < 4.78 is 1.81. The summed E-state index contributed by atoms with van der Waals surface area (Å²) in [4.78, 5) is 0. The molecule has 17 heavy (non-hydrogen) atoms. The zero-order valence-corrected chi connectivity index (χ0v) is 9.59. The van der Waals surface area contributed by atoms with Crippen molar-refractivity contribution in [2.24, 2.45) is 7.05 Å². The number of nitrogens with one attached hydrogen (secondary N) is 1. The van der Waals surface area contributed by atoms with E-state index in [1.54, 1.807) is 23.0 Å². The van der Waals surface area contributed by atoms with Gasteiger partial charge in [0.2, 0.25) is 0 Å². The lowest BCUT2D eigenvalue weighted by molar-refractivity contribution is 0.403. The Morgan fingerprint density at radius 3 is 2.65 bits per heavy atom. The van der Waals surface area contributed by atoms with E-state index in [-0.39, 0.29) is 11.5 Å². The van der Waals surface area contributed by atoms with E-state index in [1.807, 2.05) is 13.1 Å². The van der Waals surface area contributed by atoms with Crippen LogP contribution in [0.25, 0.3) is 0 Å². The molecule has 0 aliphatic carbocycles. The molecule has 0 saturated heterocycles. The highest BCUT2D eigenvalue weighted by Crippen LogP contribution is 2.24. The van der Waals surface area contributed by atoms with Gasteiger partial charge in [0.1, 0.15) is 0 Å². The maximum absolute atomic E-state index is 9.34. The molecule has 1 aromatic heterocycles. The van der Waals surface area contributed by atoms with Crippen LogP contribution in [0, 0.1) is 0 Å². The maximum Gasteiger partial charge on any atom is 0.157 e. The molecule has 90 valence electrons. The Hall–Kier alpha value is -2.01. The minimum Gasteiger partial charge on any atom is -0.504 e. The molecule has 0 atom stereocenters. The summed E-state index contributed by atoms with van der Waals surface area (Å²) in [5.41, 5.74) is 2.01. The van der Waals surface area contributed by atoms with Gasteiger partial charge in [0.15, 0.2) is 11.5 Å². The monoisotopic (exact) mass is 233 g/mol. The van der Waals surface area contributed by atoms with E-state index < -0.39 is 0 Å². The van der Waals surface area contributed by atoms with Gasteiger partial charge in [0, 0.05) is 26.3 Å². The average molecular weight is 233 g/mol. The Kier molecular flexibility index (Phi) is 3.30. The van der Waals surface area contributed by atoms with Gasteiger partial charge >= 0.3 is 0 Å². The van der Waals surface area contributed by atoms with E-state index in [2.05, 4.69) is 10.4 Å². The molecule has 2 rings (SSSR count). The first-order valence-corrected chi connectivity index (χ1v) is 5.35. The van der Waals surface area contributed by atoms with Crippen molar-refractivity contribution in [2.75, 3.05) is 0 Å². The molecule has 0 aliphatic heterocycles. The topological polar surface area (TPSA) is 70.3 Å². The van der Waals surface area contributed by atoms with E-state index in [4.69, 9.17) is 0 Å². The van der Waals surface area contributed by atoms with Gasteiger partial charge in [-0.3, -0.25) is 4.68 Å². The Morgan fingerprint density at radius 2 is 2.00 bits per heavy atom. The van der Waals surface area contributed by atoms with Crippen molar-refractivity contribution in [3.05, 3.63) is 41.7 Å². The second kappa shape index (κ2) is 4.88. The fourth-order valence-corrected chi connectivity index (χ4v) is 1.59. The van der Waals surface area contributed by atoms with Gasteiger partial charge in [-0.1, -0.05) is 6.07 Å². The zero-order valence-electron chi connectivity index (χ0n) is 9.59. The van der Waals surface area contributed by atoms with Crippen LogP contribution in [0.4, 0.5) is 0 Å². The third kappa shape index (κ3) is 2.76. The molecule has 0 aliphatic rings. The molecule has 0 radical (unpaired) electrons. The standard InChI is InChI=1S/C12H15N3O2/c1-15-10(4-5-14-15)8-13-7-9-2-3-11(16)12(17)6-9/h2-6,13,16-17H,7-8H2,1H3. The number of phenolic OH excluding ortho intramolecular Hbond substituents is 2. The molecule has 0 spiro atoms. The van der Waals surface area contributed by atoms with Crippen molar-refractivity contribution in [1.82, 2.24) is 15.1 Å². The molecule has 0 unspecified atom stereocenters. The second-order valence-electron chi connectivity index (χ2n) is 3.87. The van der Waals surface area contributed by atoms with Crippen LogP contribution in [0.1, 0.15) is 11.3 Å². The van der Waals surface area contributed by atoms with E-state index in [9.17, 15) is 10.2 Å². The Morgan fingerprint density at radius 1 is 1.18 bits per heavy atom. The predicted molar refractivity (Wildman–Crippen MR) is 63.5 cm³/mol. The quantitative estimate of drug-likeness (QED) is 0.692. The van der Waals surface area contributed by atoms with Crippen LogP contribution >= 0.6 is 0 Å². The van der Waals surface area contributed by atoms with Gasteiger partial charge in [-0.25, -0.2) is 0 Å². The van der Waals surface area contributed by atoms with Gasteiger partial charge in [0.05, 0.1) is 5.69 Å². The number of aryl methyl sites for hydroxylation is 1. The van der Waals surface area contributed by atoms with Crippen molar-refractivity contribution < 1.29 is 10.2 Å². The fourth-order valence-electron chi connectivity index (χ4n) is 1.59. The highest BCUT2D eigenvalue weighted by Gasteiger charge is 2.01. The summed E-state index contributed by atoms with van der Waals surface area (Å²) in [5.74, 6) is -0.190. The number of benzene rings is 1. The first-order chi connectivity index (χ1) is 8.16. The first-order valence-electron chi connectivity index (χ1n) is 5.35. The molecule has 3 N–H and O–H groups in total. The van der Waals surface area contributed by atoms with Gasteiger partial charge < -0.3 is 15.5 Å². The average Bonchev–Trinajstić information content (AvgIpc) is 2.70. The van der Waals surface area contributed by atoms with Crippen LogP contribution in [0.5, 0.6) is 11.5 Å². The number of aromatic nitrogens is 2. The number of rotatable bonds is 4. The van der Waals surface area contributed by atoms with Crippen LogP contribution in [-0.2, 0) is 20.1 Å². The molecule has 5 heteroatoms. The van der Waals surface area contributed by atoms with Crippen LogP contribution in [-0.4, -0.2) is 20.0 Å². The fraction of sp³-hybridized carbons (Fsp3) is 0.250. The SMILES string of the molecule is Cn1nccc1CNCc1ccc(O)c(O)c1. The molecule has 0 bridgehead atoms. The molecule has 1 aromatic carbocycles. The molecular formula is C12H15N3O2. The summed E-state index contributed by atoms with van der Waals surface area (Å²) in [5, 5.41) is 25.8. The van der Waals surface area contributed by atoms with E-state index in [0.29, 0.717) is 13.1 Å². The Labute approximate surface area is 99.3 Å². The molecule has 1 heterocycles. The Bertz CT molecular complexity index is 508. The van der Waals surface area contributed by atoms with Crippen LogP contribution in [0.3, 0.4) is 0 Å². The van der Waals surface area contributed by atoms with Crippen molar-refractivity contribution >= 4 is 0 Å². The molecular weight excluding hydrogens is 218 g/mol. The normalized spacial score (nSPS) is 10.6. The summed E-state index contributed by atoms with van der Waals surface area (Å²) in [6.45, 7) is 1.33. The Balaban J connectivity index is 1.90. The van der Waals surface area contributed by atoms with Crippen LogP contribution < -0.4 is 5.32 Å². The van der Waals surface area contributed by atoms with Crippen molar-refractivity contribution in [2.45, 2.75) is 13.1 Å². The summed E-state index contributed by atoms with van der Waals surface area (Å²) in [6, 6.07) is 6.74. The smallest absolute Gasteiger partial charge is 0.157 e. The summed E-state index contributed by atoms with van der Waals surface area (Å²) in [6.07, 6.45) is 1.75. The molecule has 5 nitrogen and oxygen atoms in total. The van der Waals surface area contributed by atoms with Crippen LogP contribution in [0.2, 0.25) is 0 Å². The summed E-state index contributed by atoms with van der Waals surface area (Å²) >= 11 is 0. The van der Waals surface area contributed by atoms with Crippen LogP contribution in [0.15, 0.2) is 30.5 Å². The van der Waals surface area contributed by atoms with Gasteiger partial charge in [-0.2, -0.15) is 5.10 Å². The minimum atomic E-state index is -0.0969. The number of hydrogen-bond donors (Lipinski definition) is 3. The van der Waals surface area contributed by atoms with Gasteiger partial charge in [-0.15, -0.1) is 0 Å². The third-order valence-electron chi connectivity index (χ3n) is 2.60. The molecule has 0 fully saturated rings. The highest BCUT2D eigenvalue weighted by molar-refractivity contribution is 5.40. The van der Waals surface area contributed by atoms with E-state index >= 15 is 0 Å². The predicted octanol–water partition coefficient (Wildman–Crippen LogP) is 1.12. The van der Waals surface area contributed by atoms with Crippen molar-refractivity contribution in [3.8, 4) is 11.5 Å². The molecule has 2 aromatic rings. The summed E-state index contributed by atoms with van der Waals surface area (Å²) in [7, 11) is 1.89. The highest BCUT2D eigenvalue weighted by atomic mass is 16.3. The molecule has 0 saturated carbocycles. The van der Waals surface area contributed by atoms with Gasteiger partial charge in [-0.05, 0) is 23.8 Å². The van der Waals surface area contributed by atoms with Gasteiger partial charge in [0.25, 0.3) is 0 Å². The lowest BCUT2D eigenvalue weighted by Crippen LogP contribution is -2.15. The lowest BCUT2D eigenvalue weighted by atomic mass is 10.2.